The molecule has 5 nitrogen and oxygen atoms in total. The van der Waals surface area contributed by atoms with Gasteiger partial charge in [0.1, 0.15) is 0 Å². The lowest BCUT2D eigenvalue weighted by Crippen LogP contribution is -2.45. The van der Waals surface area contributed by atoms with E-state index in [4.69, 9.17) is 0 Å². The fourth-order valence-electron chi connectivity index (χ4n) is 3.56. The van der Waals surface area contributed by atoms with Gasteiger partial charge < -0.3 is 10.4 Å². The van der Waals surface area contributed by atoms with E-state index in [9.17, 15) is 9.90 Å². The third-order valence-corrected chi connectivity index (χ3v) is 4.44. The number of hydrogen-bond donors (Lipinski definition) is 2. The topological polar surface area (TPSA) is 75.1 Å². The first-order chi connectivity index (χ1) is 8.79. The molecular weight excluding hydrogens is 230 g/mol. The number of nitrogens with one attached hydrogen (secondary N) is 1. The summed E-state index contributed by atoms with van der Waals surface area (Å²) in [5.74, 6) is 1.23. The lowest BCUT2D eigenvalue weighted by atomic mass is 9.85. The minimum Gasteiger partial charge on any atom is -0.396 e. The van der Waals surface area contributed by atoms with Crippen LogP contribution in [0.25, 0.3) is 0 Å². The zero-order valence-corrected chi connectivity index (χ0v) is 10.1. The highest BCUT2D eigenvalue weighted by molar-refractivity contribution is 5.94. The van der Waals surface area contributed by atoms with Gasteiger partial charge in [-0.3, -0.25) is 4.79 Å². The summed E-state index contributed by atoms with van der Waals surface area (Å²) in [5.41, 5.74) is 0.532. The minimum atomic E-state index is -0.110. The number of carbonyl (C=O) groups is 1. The van der Waals surface area contributed by atoms with Gasteiger partial charge in [-0.25, -0.2) is 0 Å². The predicted octanol–water partition coefficient (Wildman–Crippen LogP) is 0.613. The Morgan fingerprint density at radius 2 is 2.22 bits per heavy atom. The van der Waals surface area contributed by atoms with Crippen molar-refractivity contribution in [1.82, 2.24) is 15.5 Å². The van der Waals surface area contributed by atoms with Gasteiger partial charge in [0.2, 0.25) is 0 Å². The fraction of sp³-hybridized carbons (Fsp3) is 0.615. The molecule has 2 fully saturated rings. The second-order valence-corrected chi connectivity index (χ2v) is 5.31. The molecule has 2 saturated carbocycles. The molecule has 4 unspecified atom stereocenters. The lowest BCUT2D eigenvalue weighted by molar-refractivity contribution is 0.0861. The van der Waals surface area contributed by atoms with Crippen LogP contribution >= 0.6 is 0 Å². The molecule has 1 aromatic heterocycles. The Labute approximate surface area is 106 Å². The maximum absolute atomic E-state index is 12.1. The van der Waals surface area contributed by atoms with E-state index < -0.39 is 0 Å². The summed E-state index contributed by atoms with van der Waals surface area (Å²) in [6.07, 6.45) is 6.49. The van der Waals surface area contributed by atoms with Crippen molar-refractivity contribution in [1.29, 1.82) is 0 Å². The number of amides is 1. The van der Waals surface area contributed by atoms with Crippen LogP contribution in [0.4, 0.5) is 0 Å². The molecule has 0 saturated heterocycles. The number of aromatic nitrogens is 2. The maximum atomic E-state index is 12.1. The van der Waals surface area contributed by atoms with Gasteiger partial charge in [0, 0.05) is 18.6 Å². The highest BCUT2D eigenvalue weighted by atomic mass is 16.3. The second kappa shape index (κ2) is 4.65. The van der Waals surface area contributed by atoms with Crippen molar-refractivity contribution in [3.05, 3.63) is 24.0 Å². The first-order valence-corrected chi connectivity index (χ1v) is 6.48. The van der Waals surface area contributed by atoms with E-state index >= 15 is 0 Å². The highest BCUT2D eigenvalue weighted by Gasteiger charge is 2.47. The number of aliphatic hydroxyl groups is 1. The van der Waals surface area contributed by atoms with Crippen molar-refractivity contribution in [2.75, 3.05) is 6.61 Å². The predicted molar refractivity (Wildman–Crippen MR) is 64.7 cm³/mol. The number of hydrogen-bond acceptors (Lipinski definition) is 4. The molecule has 1 aromatic rings. The van der Waals surface area contributed by atoms with Gasteiger partial charge in [0.25, 0.3) is 5.91 Å². The second-order valence-electron chi connectivity index (χ2n) is 5.31. The quantitative estimate of drug-likeness (QED) is 0.820. The first-order valence-electron chi connectivity index (χ1n) is 6.48. The summed E-state index contributed by atoms with van der Waals surface area (Å²) in [7, 11) is 0. The molecule has 18 heavy (non-hydrogen) atoms. The fourth-order valence-corrected chi connectivity index (χ4v) is 3.56. The minimum absolute atomic E-state index is 0.110. The van der Waals surface area contributed by atoms with Crippen LogP contribution < -0.4 is 5.32 Å². The Balaban J connectivity index is 1.71. The molecule has 3 rings (SSSR count). The van der Waals surface area contributed by atoms with E-state index in [-0.39, 0.29) is 24.5 Å². The largest absolute Gasteiger partial charge is 0.396 e. The van der Waals surface area contributed by atoms with E-state index in [1.807, 2.05) is 0 Å². The van der Waals surface area contributed by atoms with Crippen LogP contribution in [0.2, 0.25) is 0 Å². The zero-order chi connectivity index (χ0) is 12.5. The molecule has 0 spiro atoms. The summed E-state index contributed by atoms with van der Waals surface area (Å²) < 4.78 is 0. The van der Waals surface area contributed by atoms with Crippen LogP contribution in [-0.2, 0) is 0 Å². The molecule has 0 aromatic carbocycles. The van der Waals surface area contributed by atoms with E-state index in [2.05, 4.69) is 15.5 Å². The number of fused-ring (bicyclic) bond motifs is 2. The van der Waals surface area contributed by atoms with Crippen molar-refractivity contribution in [2.24, 2.45) is 17.8 Å². The number of aliphatic hydroxyl groups excluding tert-OH is 1. The van der Waals surface area contributed by atoms with Crippen LogP contribution in [0.5, 0.6) is 0 Å². The smallest absolute Gasteiger partial charge is 0.253 e. The van der Waals surface area contributed by atoms with E-state index in [1.165, 1.54) is 25.2 Å². The molecule has 96 valence electrons. The van der Waals surface area contributed by atoms with Crippen molar-refractivity contribution < 1.29 is 9.90 Å². The monoisotopic (exact) mass is 247 g/mol. The Morgan fingerprint density at radius 3 is 2.94 bits per heavy atom. The van der Waals surface area contributed by atoms with Crippen LogP contribution in [0.1, 0.15) is 29.6 Å². The van der Waals surface area contributed by atoms with E-state index in [0.717, 1.165) is 6.42 Å². The van der Waals surface area contributed by atoms with Gasteiger partial charge in [0.15, 0.2) is 0 Å². The summed E-state index contributed by atoms with van der Waals surface area (Å²) in [6.45, 7) is 0.167. The summed E-state index contributed by atoms with van der Waals surface area (Å²) in [5, 5.41) is 19.9. The maximum Gasteiger partial charge on any atom is 0.253 e. The average Bonchev–Trinajstić information content (AvgIpc) is 3.00. The van der Waals surface area contributed by atoms with E-state index in [1.54, 1.807) is 6.07 Å². The molecule has 5 heteroatoms. The normalized spacial score (nSPS) is 33.6. The Bertz CT molecular complexity index is 437. The molecule has 2 N–H and O–H groups in total. The van der Waals surface area contributed by atoms with Gasteiger partial charge in [-0.2, -0.15) is 10.2 Å². The van der Waals surface area contributed by atoms with Crippen molar-refractivity contribution in [3.8, 4) is 0 Å². The van der Waals surface area contributed by atoms with Crippen molar-refractivity contribution in [2.45, 2.75) is 25.3 Å². The molecule has 4 atom stereocenters. The SMILES string of the molecule is O=C(NC1C2CCC(C2)C1CO)c1ccnnc1. The van der Waals surface area contributed by atoms with Gasteiger partial charge in [0.05, 0.1) is 18.0 Å². The molecular formula is C13H17N3O2. The standard InChI is InChI=1S/C13H17N3O2/c17-7-11-8-1-2-9(5-8)12(11)16-13(18)10-3-4-14-15-6-10/h3-4,6,8-9,11-12,17H,1-2,5,7H2,(H,16,18). The molecule has 1 heterocycles. The molecule has 2 aliphatic rings. The van der Waals surface area contributed by atoms with Gasteiger partial charge >= 0.3 is 0 Å². The average molecular weight is 247 g/mol. The van der Waals surface area contributed by atoms with Crippen LogP contribution in [0.15, 0.2) is 18.5 Å². The molecule has 2 aliphatic carbocycles. The Kier molecular flexibility index (Phi) is 2.99. The number of nitrogens with zero attached hydrogens (tertiary/aromatic N) is 2. The van der Waals surface area contributed by atoms with E-state index in [0.29, 0.717) is 17.4 Å². The molecule has 2 bridgehead atoms. The zero-order valence-electron chi connectivity index (χ0n) is 10.1. The summed E-state index contributed by atoms with van der Waals surface area (Å²) >= 11 is 0. The molecule has 0 aliphatic heterocycles. The lowest BCUT2D eigenvalue weighted by Gasteiger charge is -2.30. The molecule has 0 radical (unpaired) electrons. The van der Waals surface area contributed by atoms with Gasteiger partial charge in [-0.15, -0.1) is 0 Å². The van der Waals surface area contributed by atoms with Crippen LogP contribution in [0, 0.1) is 17.8 Å². The van der Waals surface area contributed by atoms with Gasteiger partial charge in [-0.1, -0.05) is 0 Å². The number of rotatable bonds is 3. The first kappa shape index (κ1) is 11.6. The summed E-state index contributed by atoms with van der Waals surface area (Å²) in [4.78, 5) is 12.1. The Morgan fingerprint density at radius 1 is 1.39 bits per heavy atom. The van der Waals surface area contributed by atoms with Crippen LogP contribution in [0.3, 0.4) is 0 Å². The third-order valence-electron chi connectivity index (χ3n) is 4.44. The number of carbonyl (C=O) groups excluding carboxylic acids is 1. The van der Waals surface area contributed by atoms with Gasteiger partial charge in [-0.05, 0) is 37.2 Å². The summed E-state index contributed by atoms with van der Waals surface area (Å²) in [6, 6.07) is 1.78. The van der Waals surface area contributed by atoms with Crippen LogP contribution in [-0.4, -0.2) is 33.9 Å². The van der Waals surface area contributed by atoms with Crippen molar-refractivity contribution in [3.63, 3.8) is 0 Å². The third kappa shape index (κ3) is 1.88. The van der Waals surface area contributed by atoms with Crippen molar-refractivity contribution >= 4 is 5.91 Å². The highest BCUT2D eigenvalue weighted by Crippen LogP contribution is 2.48. The molecule has 1 amide bonds. The Hall–Kier alpha value is -1.49.